The molecule has 2 heterocycles. The summed E-state index contributed by atoms with van der Waals surface area (Å²) in [5.41, 5.74) is 0.753. The normalized spacial score (nSPS) is 26.9. The van der Waals surface area contributed by atoms with E-state index in [1.807, 2.05) is 18.2 Å². The Morgan fingerprint density at radius 1 is 1.16 bits per heavy atom. The first-order valence-corrected chi connectivity index (χ1v) is 6.75. The molecule has 1 spiro atoms. The van der Waals surface area contributed by atoms with Crippen LogP contribution >= 0.6 is 0 Å². The van der Waals surface area contributed by atoms with Crippen molar-refractivity contribution in [2.45, 2.75) is 37.4 Å². The number of hydrogen-bond donors (Lipinski definition) is 2. The molecule has 2 fully saturated rings. The summed E-state index contributed by atoms with van der Waals surface area (Å²) in [6.45, 7) is 0.257. The van der Waals surface area contributed by atoms with E-state index in [9.17, 15) is 4.79 Å². The first kappa shape index (κ1) is 11.1. The van der Waals surface area contributed by atoms with Crippen molar-refractivity contribution in [3.63, 3.8) is 0 Å². The summed E-state index contributed by atoms with van der Waals surface area (Å²) in [5, 5.41) is 6.59. The van der Waals surface area contributed by atoms with Crippen LogP contribution in [0.15, 0.2) is 18.2 Å². The molecule has 5 nitrogen and oxygen atoms in total. The number of carbonyl (C=O) groups excluding carboxylic acids is 1. The largest absolute Gasteiger partial charge is 0.454 e. The minimum absolute atomic E-state index is 0.0563. The van der Waals surface area contributed by atoms with Crippen LogP contribution in [0.3, 0.4) is 0 Å². The first-order valence-electron chi connectivity index (χ1n) is 6.75. The van der Waals surface area contributed by atoms with Crippen LogP contribution in [-0.4, -0.2) is 18.4 Å². The standard InChI is InChI=1S/C14H16N2O3/c17-13-12(15-14(16-13)5-1-2-6-14)9-3-4-10-11(7-9)19-8-18-10/h3-4,7,12,15H,1-2,5-6,8H2,(H,16,17)/t12-/m0/s1. The van der Waals surface area contributed by atoms with E-state index in [4.69, 9.17) is 9.47 Å². The summed E-state index contributed by atoms with van der Waals surface area (Å²) in [6, 6.07) is 5.41. The van der Waals surface area contributed by atoms with E-state index >= 15 is 0 Å². The van der Waals surface area contributed by atoms with Crippen molar-refractivity contribution in [3.8, 4) is 11.5 Å². The van der Waals surface area contributed by atoms with Crippen molar-refractivity contribution in [2.24, 2.45) is 0 Å². The van der Waals surface area contributed by atoms with Gasteiger partial charge in [0.15, 0.2) is 11.5 Å². The van der Waals surface area contributed by atoms with Crippen molar-refractivity contribution in [1.29, 1.82) is 0 Å². The Morgan fingerprint density at radius 3 is 2.79 bits per heavy atom. The van der Waals surface area contributed by atoms with E-state index < -0.39 is 0 Å². The first-order chi connectivity index (χ1) is 9.26. The van der Waals surface area contributed by atoms with Crippen LogP contribution in [0.25, 0.3) is 0 Å². The average Bonchev–Trinajstić information content (AvgIpc) is 3.10. The molecule has 4 rings (SSSR count). The summed E-state index contributed by atoms with van der Waals surface area (Å²) < 4.78 is 10.7. The quantitative estimate of drug-likeness (QED) is 0.802. The number of hydrogen-bond acceptors (Lipinski definition) is 4. The average molecular weight is 260 g/mol. The van der Waals surface area contributed by atoms with Gasteiger partial charge in [-0.2, -0.15) is 0 Å². The zero-order chi connectivity index (χ0) is 12.9. The van der Waals surface area contributed by atoms with Gasteiger partial charge in [-0.15, -0.1) is 0 Å². The van der Waals surface area contributed by atoms with Crippen LogP contribution in [0.4, 0.5) is 0 Å². The minimum atomic E-state index is -0.285. The summed E-state index contributed by atoms with van der Waals surface area (Å²) in [6.07, 6.45) is 4.36. The fraction of sp³-hybridized carbons (Fsp3) is 0.500. The molecule has 1 aromatic carbocycles. The molecule has 0 bridgehead atoms. The molecule has 0 aromatic heterocycles. The molecule has 1 aromatic rings. The summed E-state index contributed by atoms with van der Waals surface area (Å²) in [4.78, 5) is 12.2. The van der Waals surface area contributed by atoms with E-state index in [0.29, 0.717) is 0 Å². The van der Waals surface area contributed by atoms with E-state index in [-0.39, 0.29) is 24.4 Å². The Labute approximate surface area is 111 Å². The van der Waals surface area contributed by atoms with Gasteiger partial charge in [0, 0.05) is 0 Å². The molecule has 100 valence electrons. The van der Waals surface area contributed by atoms with Crippen molar-refractivity contribution in [1.82, 2.24) is 10.6 Å². The van der Waals surface area contributed by atoms with Gasteiger partial charge in [0.2, 0.25) is 12.7 Å². The van der Waals surface area contributed by atoms with Gasteiger partial charge in [-0.25, -0.2) is 0 Å². The number of rotatable bonds is 1. The van der Waals surface area contributed by atoms with Gasteiger partial charge in [0.05, 0.1) is 5.66 Å². The molecule has 1 amide bonds. The lowest BCUT2D eigenvalue weighted by Crippen LogP contribution is -2.46. The van der Waals surface area contributed by atoms with E-state index in [0.717, 1.165) is 29.9 Å². The number of nitrogens with one attached hydrogen (secondary N) is 2. The number of benzene rings is 1. The molecule has 3 aliphatic rings. The van der Waals surface area contributed by atoms with Gasteiger partial charge in [-0.3, -0.25) is 10.1 Å². The van der Waals surface area contributed by atoms with E-state index in [1.54, 1.807) is 0 Å². The lowest BCUT2D eigenvalue weighted by atomic mass is 10.1. The monoisotopic (exact) mass is 260 g/mol. The smallest absolute Gasteiger partial charge is 0.243 e. The number of fused-ring (bicyclic) bond motifs is 1. The van der Waals surface area contributed by atoms with Gasteiger partial charge in [-0.1, -0.05) is 6.07 Å². The van der Waals surface area contributed by atoms with Crippen molar-refractivity contribution < 1.29 is 14.3 Å². The van der Waals surface area contributed by atoms with Gasteiger partial charge in [0.25, 0.3) is 0 Å². The van der Waals surface area contributed by atoms with Crippen molar-refractivity contribution >= 4 is 5.91 Å². The highest BCUT2D eigenvalue weighted by Crippen LogP contribution is 2.38. The molecule has 0 unspecified atom stereocenters. The minimum Gasteiger partial charge on any atom is -0.454 e. The van der Waals surface area contributed by atoms with Crippen molar-refractivity contribution in [3.05, 3.63) is 23.8 Å². The van der Waals surface area contributed by atoms with Gasteiger partial charge in [0.1, 0.15) is 6.04 Å². The molecule has 0 radical (unpaired) electrons. The van der Waals surface area contributed by atoms with Crippen LogP contribution in [0.5, 0.6) is 11.5 Å². The van der Waals surface area contributed by atoms with Crippen LogP contribution in [0.2, 0.25) is 0 Å². The van der Waals surface area contributed by atoms with Crippen LogP contribution in [-0.2, 0) is 4.79 Å². The predicted octanol–water partition coefficient (Wildman–Crippen LogP) is 1.45. The highest BCUT2D eigenvalue weighted by molar-refractivity contribution is 5.86. The van der Waals surface area contributed by atoms with Gasteiger partial charge in [-0.05, 0) is 43.4 Å². The molecule has 1 atom stereocenters. The Morgan fingerprint density at radius 2 is 1.95 bits per heavy atom. The molecular formula is C14H16N2O3. The lowest BCUT2D eigenvalue weighted by Gasteiger charge is -2.23. The van der Waals surface area contributed by atoms with E-state index in [2.05, 4.69) is 10.6 Å². The Balaban J connectivity index is 1.64. The molecular weight excluding hydrogens is 244 g/mol. The fourth-order valence-electron chi connectivity index (χ4n) is 3.26. The maximum atomic E-state index is 12.2. The van der Waals surface area contributed by atoms with Crippen LogP contribution in [0.1, 0.15) is 37.3 Å². The molecule has 5 heteroatoms. The van der Waals surface area contributed by atoms with Gasteiger partial charge < -0.3 is 14.8 Å². The Kier molecular flexibility index (Phi) is 2.26. The summed E-state index contributed by atoms with van der Waals surface area (Å²) >= 11 is 0. The Hall–Kier alpha value is -1.75. The third-order valence-electron chi connectivity index (χ3n) is 4.23. The molecule has 1 aliphatic carbocycles. The zero-order valence-electron chi connectivity index (χ0n) is 10.6. The SMILES string of the molecule is O=C1NC2(CCCC2)N[C@H]1c1ccc2c(c1)OCO2. The molecule has 1 saturated carbocycles. The molecule has 1 saturated heterocycles. The lowest BCUT2D eigenvalue weighted by molar-refractivity contribution is -0.121. The third-order valence-corrected chi connectivity index (χ3v) is 4.23. The summed E-state index contributed by atoms with van der Waals surface area (Å²) in [7, 11) is 0. The van der Waals surface area contributed by atoms with Crippen LogP contribution < -0.4 is 20.1 Å². The highest BCUT2D eigenvalue weighted by Gasteiger charge is 2.45. The Bertz CT molecular complexity index is 537. The number of carbonyl (C=O) groups is 1. The van der Waals surface area contributed by atoms with Gasteiger partial charge >= 0.3 is 0 Å². The third kappa shape index (κ3) is 1.69. The maximum Gasteiger partial charge on any atom is 0.243 e. The fourth-order valence-corrected chi connectivity index (χ4v) is 3.26. The van der Waals surface area contributed by atoms with Crippen molar-refractivity contribution in [2.75, 3.05) is 6.79 Å². The molecule has 19 heavy (non-hydrogen) atoms. The number of amides is 1. The highest BCUT2D eigenvalue weighted by atomic mass is 16.7. The second-order valence-electron chi connectivity index (χ2n) is 5.47. The topological polar surface area (TPSA) is 59.6 Å². The number of ether oxygens (including phenoxy) is 2. The maximum absolute atomic E-state index is 12.2. The predicted molar refractivity (Wildman–Crippen MR) is 67.8 cm³/mol. The van der Waals surface area contributed by atoms with E-state index in [1.165, 1.54) is 12.8 Å². The van der Waals surface area contributed by atoms with Crippen LogP contribution in [0, 0.1) is 0 Å². The zero-order valence-corrected chi connectivity index (χ0v) is 10.6. The second kappa shape index (κ2) is 3.87. The molecule has 2 aliphatic heterocycles. The molecule has 2 N–H and O–H groups in total. The summed E-state index contributed by atoms with van der Waals surface area (Å²) in [5.74, 6) is 1.53. The second-order valence-corrected chi connectivity index (χ2v) is 5.47.